The van der Waals surface area contributed by atoms with Gasteiger partial charge >= 0.3 is 0 Å². The summed E-state index contributed by atoms with van der Waals surface area (Å²) in [6.45, 7) is 2.84. The minimum Gasteiger partial charge on any atom is -0.337 e. The average Bonchev–Trinajstić information content (AvgIpc) is 3.49. The molecule has 4 aromatic heterocycles. The maximum atomic E-state index is 5.60. The maximum absolute atomic E-state index is 5.60. The van der Waals surface area contributed by atoms with Gasteiger partial charge in [0, 0.05) is 43.9 Å². The quantitative estimate of drug-likeness (QED) is 0.526. The first kappa shape index (κ1) is 17.5. The molecule has 0 bridgehead atoms. The van der Waals surface area contributed by atoms with E-state index in [1.807, 2.05) is 43.0 Å². The van der Waals surface area contributed by atoms with Crippen LogP contribution in [0.2, 0.25) is 0 Å². The van der Waals surface area contributed by atoms with Gasteiger partial charge in [-0.05, 0) is 43.5 Å². The summed E-state index contributed by atoms with van der Waals surface area (Å²) in [6, 6.07) is 5.68. The fourth-order valence-corrected chi connectivity index (χ4v) is 3.68. The molecule has 0 aliphatic carbocycles. The summed E-state index contributed by atoms with van der Waals surface area (Å²) in [5, 5.41) is 8.40. The zero-order valence-corrected chi connectivity index (χ0v) is 16.2. The normalized spacial score (nSPS) is 16.5. The van der Waals surface area contributed by atoms with E-state index in [-0.39, 0.29) is 6.04 Å². The Morgan fingerprint density at radius 3 is 2.86 bits per heavy atom. The summed E-state index contributed by atoms with van der Waals surface area (Å²) in [6.07, 6.45) is 8.99. The van der Waals surface area contributed by atoms with Crippen molar-refractivity contribution in [3.63, 3.8) is 0 Å². The molecule has 1 fully saturated rings. The van der Waals surface area contributed by atoms with Gasteiger partial charge in [0.05, 0.1) is 11.4 Å². The molecule has 29 heavy (non-hydrogen) atoms. The van der Waals surface area contributed by atoms with E-state index in [4.69, 9.17) is 9.51 Å². The zero-order valence-electron chi connectivity index (χ0n) is 16.2. The Kier molecular flexibility index (Phi) is 4.27. The van der Waals surface area contributed by atoms with Crippen molar-refractivity contribution in [1.29, 1.82) is 0 Å². The molecule has 0 N–H and O–H groups in total. The molecule has 1 aliphatic heterocycles. The van der Waals surface area contributed by atoms with Crippen LogP contribution in [0.1, 0.15) is 30.3 Å². The van der Waals surface area contributed by atoms with Crippen molar-refractivity contribution in [2.75, 3.05) is 11.4 Å². The third-order valence-electron chi connectivity index (χ3n) is 5.18. The van der Waals surface area contributed by atoms with Crippen molar-refractivity contribution < 1.29 is 4.52 Å². The highest BCUT2D eigenvalue weighted by Crippen LogP contribution is 2.35. The topological polar surface area (TPSA) is 98.7 Å². The first-order valence-corrected chi connectivity index (χ1v) is 9.53. The van der Waals surface area contributed by atoms with Crippen LogP contribution < -0.4 is 4.90 Å². The molecule has 1 aliphatic rings. The summed E-state index contributed by atoms with van der Waals surface area (Å²) in [5.41, 5.74) is 3.67. The monoisotopic (exact) mass is 388 g/mol. The number of aromatic nitrogens is 7. The average molecular weight is 388 g/mol. The SMILES string of the molecule is Cc1cnc(N2CCCC2c2nc(-c3cccnc3)no2)nc1-c1ccnn1C. The van der Waals surface area contributed by atoms with Crippen LogP contribution in [-0.4, -0.2) is 41.4 Å². The highest BCUT2D eigenvalue weighted by atomic mass is 16.5. The van der Waals surface area contributed by atoms with Crippen molar-refractivity contribution in [1.82, 2.24) is 34.9 Å². The number of nitrogens with zero attached hydrogens (tertiary/aromatic N) is 8. The van der Waals surface area contributed by atoms with E-state index in [0.29, 0.717) is 17.7 Å². The van der Waals surface area contributed by atoms with Gasteiger partial charge in [0.15, 0.2) is 0 Å². The summed E-state index contributed by atoms with van der Waals surface area (Å²) >= 11 is 0. The molecule has 0 spiro atoms. The van der Waals surface area contributed by atoms with Crippen LogP contribution in [0.3, 0.4) is 0 Å². The van der Waals surface area contributed by atoms with Gasteiger partial charge in [0.25, 0.3) is 0 Å². The van der Waals surface area contributed by atoms with Gasteiger partial charge in [-0.2, -0.15) is 10.1 Å². The van der Waals surface area contributed by atoms with Crippen molar-refractivity contribution in [2.24, 2.45) is 7.05 Å². The lowest BCUT2D eigenvalue weighted by Gasteiger charge is -2.22. The highest BCUT2D eigenvalue weighted by molar-refractivity contribution is 5.60. The second-order valence-electron chi connectivity index (χ2n) is 7.09. The molecule has 1 atom stereocenters. The van der Waals surface area contributed by atoms with Gasteiger partial charge in [-0.1, -0.05) is 5.16 Å². The molecule has 9 nitrogen and oxygen atoms in total. The Bertz CT molecular complexity index is 1140. The lowest BCUT2D eigenvalue weighted by molar-refractivity contribution is 0.354. The lowest BCUT2D eigenvalue weighted by atomic mass is 10.2. The minimum absolute atomic E-state index is 0.0463. The van der Waals surface area contributed by atoms with Crippen molar-refractivity contribution >= 4 is 5.95 Å². The Morgan fingerprint density at radius 2 is 2.07 bits per heavy atom. The number of pyridine rings is 1. The molecule has 146 valence electrons. The van der Waals surface area contributed by atoms with Crippen LogP contribution in [0.4, 0.5) is 5.95 Å². The number of anilines is 1. The zero-order chi connectivity index (χ0) is 19.8. The van der Waals surface area contributed by atoms with Crippen LogP contribution in [0.5, 0.6) is 0 Å². The van der Waals surface area contributed by atoms with Crippen LogP contribution in [0.25, 0.3) is 22.8 Å². The predicted molar refractivity (Wildman–Crippen MR) is 106 cm³/mol. The third kappa shape index (κ3) is 3.14. The van der Waals surface area contributed by atoms with E-state index in [9.17, 15) is 0 Å². The van der Waals surface area contributed by atoms with Crippen LogP contribution in [-0.2, 0) is 7.05 Å². The summed E-state index contributed by atoms with van der Waals surface area (Å²) in [4.78, 5) is 20.3. The molecular weight excluding hydrogens is 368 g/mol. The number of hydrogen-bond acceptors (Lipinski definition) is 8. The van der Waals surface area contributed by atoms with Gasteiger partial charge in [-0.25, -0.2) is 9.97 Å². The van der Waals surface area contributed by atoms with Crippen LogP contribution >= 0.6 is 0 Å². The molecule has 9 heteroatoms. The third-order valence-corrected chi connectivity index (χ3v) is 5.18. The standard InChI is InChI=1S/C20H20N8O/c1-13-11-22-20(24-17(13)15-7-9-23-27(15)2)28-10-4-6-16(28)19-25-18(26-29-19)14-5-3-8-21-12-14/h3,5,7-9,11-12,16H,4,6,10H2,1-2H3. The van der Waals surface area contributed by atoms with Crippen molar-refractivity contribution in [3.05, 3.63) is 54.4 Å². The smallest absolute Gasteiger partial charge is 0.249 e. The van der Waals surface area contributed by atoms with Gasteiger partial charge in [-0.3, -0.25) is 9.67 Å². The maximum Gasteiger partial charge on any atom is 0.249 e. The molecular formula is C20H20N8O. The number of aryl methyl sites for hydroxylation is 2. The predicted octanol–water partition coefficient (Wildman–Crippen LogP) is 2.97. The molecule has 0 amide bonds. The molecule has 0 aromatic carbocycles. The van der Waals surface area contributed by atoms with Gasteiger partial charge in [0.2, 0.25) is 17.7 Å². The summed E-state index contributed by atoms with van der Waals surface area (Å²) in [5.74, 6) is 1.78. The van der Waals surface area contributed by atoms with E-state index < -0.39 is 0 Å². The Balaban J connectivity index is 1.48. The molecule has 5 heterocycles. The molecule has 5 rings (SSSR count). The largest absolute Gasteiger partial charge is 0.337 e. The first-order valence-electron chi connectivity index (χ1n) is 9.53. The Morgan fingerprint density at radius 1 is 1.14 bits per heavy atom. The molecule has 1 unspecified atom stereocenters. The van der Waals surface area contributed by atoms with Gasteiger partial charge in [-0.15, -0.1) is 0 Å². The van der Waals surface area contributed by atoms with Gasteiger partial charge in [0.1, 0.15) is 6.04 Å². The van der Waals surface area contributed by atoms with Crippen molar-refractivity contribution in [2.45, 2.75) is 25.8 Å². The number of rotatable bonds is 4. The van der Waals surface area contributed by atoms with Crippen molar-refractivity contribution in [3.8, 4) is 22.8 Å². The molecule has 0 saturated carbocycles. The molecule has 1 saturated heterocycles. The highest BCUT2D eigenvalue weighted by Gasteiger charge is 2.33. The first-order chi connectivity index (χ1) is 14.2. The summed E-state index contributed by atoms with van der Waals surface area (Å²) in [7, 11) is 1.91. The second kappa shape index (κ2) is 7.08. The Hall–Kier alpha value is -3.62. The van der Waals surface area contributed by atoms with E-state index in [0.717, 1.165) is 41.9 Å². The fraction of sp³-hybridized carbons (Fsp3) is 0.300. The van der Waals surface area contributed by atoms with Gasteiger partial charge < -0.3 is 9.42 Å². The number of hydrogen-bond donors (Lipinski definition) is 0. The molecule has 0 radical (unpaired) electrons. The summed E-state index contributed by atoms with van der Waals surface area (Å²) < 4.78 is 7.42. The van der Waals surface area contributed by atoms with E-state index in [2.05, 4.69) is 30.1 Å². The Labute approximate surface area is 167 Å². The molecule has 4 aromatic rings. The van der Waals surface area contributed by atoms with E-state index in [1.54, 1.807) is 18.6 Å². The lowest BCUT2D eigenvalue weighted by Crippen LogP contribution is -2.25. The second-order valence-corrected chi connectivity index (χ2v) is 7.09. The van der Waals surface area contributed by atoms with Crippen LogP contribution in [0.15, 0.2) is 47.5 Å². The van der Waals surface area contributed by atoms with Crippen LogP contribution in [0, 0.1) is 6.92 Å². The van der Waals surface area contributed by atoms with E-state index >= 15 is 0 Å². The van der Waals surface area contributed by atoms with E-state index in [1.165, 1.54) is 0 Å². The fourth-order valence-electron chi connectivity index (χ4n) is 3.68. The minimum atomic E-state index is -0.0463.